The van der Waals surface area contributed by atoms with Crippen molar-refractivity contribution < 1.29 is 9.53 Å². The van der Waals surface area contributed by atoms with E-state index in [1.54, 1.807) is 14.0 Å². The lowest BCUT2D eigenvalue weighted by Gasteiger charge is -2.36. The number of piperazine rings is 1. The van der Waals surface area contributed by atoms with Crippen LogP contribution >= 0.6 is 0 Å². The highest BCUT2D eigenvalue weighted by molar-refractivity contribution is 5.80. The van der Waals surface area contributed by atoms with Crippen molar-refractivity contribution in [2.75, 3.05) is 46.4 Å². The zero-order valence-electron chi connectivity index (χ0n) is 15.6. The normalized spacial score (nSPS) is 15.2. The minimum atomic E-state index is 0.153. The number of aryl methyl sites for hydroxylation is 1. The van der Waals surface area contributed by atoms with E-state index < -0.39 is 0 Å². The van der Waals surface area contributed by atoms with Gasteiger partial charge >= 0.3 is 0 Å². The van der Waals surface area contributed by atoms with Gasteiger partial charge in [-0.15, -0.1) is 0 Å². The summed E-state index contributed by atoms with van der Waals surface area (Å²) in [6.07, 6.45) is 1.98. The number of hydrogen-bond donors (Lipinski definition) is 1. The summed E-state index contributed by atoms with van der Waals surface area (Å²) >= 11 is 0. The molecule has 1 saturated heterocycles. The van der Waals surface area contributed by atoms with Crippen LogP contribution in [0.3, 0.4) is 0 Å². The Morgan fingerprint density at radius 2 is 1.96 bits per heavy atom. The Balaban J connectivity index is 1.84. The maximum absolute atomic E-state index is 11.4. The van der Waals surface area contributed by atoms with Crippen LogP contribution in [0.4, 0.5) is 0 Å². The van der Waals surface area contributed by atoms with Crippen LogP contribution in [0, 0.1) is 0 Å². The first kappa shape index (κ1) is 19.1. The van der Waals surface area contributed by atoms with Gasteiger partial charge in [-0.2, -0.15) is 0 Å². The zero-order valence-corrected chi connectivity index (χ0v) is 15.6. The number of nitrogens with zero attached hydrogens (tertiary/aromatic N) is 3. The van der Waals surface area contributed by atoms with E-state index in [0.717, 1.165) is 63.8 Å². The maximum Gasteiger partial charge on any atom is 0.219 e. The number of guanidine groups is 1. The lowest BCUT2D eigenvalue weighted by Crippen LogP contribution is -2.53. The smallest absolute Gasteiger partial charge is 0.219 e. The summed E-state index contributed by atoms with van der Waals surface area (Å²) in [4.78, 5) is 20.3. The molecule has 25 heavy (non-hydrogen) atoms. The average molecular weight is 346 g/mol. The van der Waals surface area contributed by atoms with E-state index in [9.17, 15) is 4.79 Å². The van der Waals surface area contributed by atoms with Crippen LogP contribution in [-0.4, -0.2) is 68.0 Å². The Labute approximate surface area is 150 Å². The highest BCUT2D eigenvalue weighted by atomic mass is 16.5. The number of carbonyl (C=O) groups excluding carboxylic acids is 1. The standard InChI is InChI=1S/C19H30N4O2/c1-4-20-19(23-13-11-22(12-14-23)16(2)24)21-10-6-8-17-7-5-9-18(15-17)25-3/h5,7,9,15H,4,6,8,10-14H2,1-3H3,(H,20,21). The van der Waals surface area contributed by atoms with Gasteiger partial charge in [0.1, 0.15) is 5.75 Å². The molecule has 6 heteroatoms. The second-order valence-corrected chi connectivity index (χ2v) is 6.18. The van der Waals surface area contributed by atoms with Crippen molar-refractivity contribution in [1.82, 2.24) is 15.1 Å². The SMILES string of the molecule is CCNC(=NCCCc1cccc(OC)c1)N1CCN(C(C)=O)CC1. The molecular weight excluding hydrogens is 316 g/mol. The Morgan fingerprint density at radius 1 is 1.24 bits per heavy atom. The number of carbonyl (C=O) groups is 1. The van der Waals surface area contributed by atoms with Crippen LogP contribution in [0.2, 0.25) is 0 Å². The third kappa shape index (κ3) is 5.96. The van der Waals surface area contributed by atoms with Crippen LogP contribution in [0.15, 0.2) is 29.3 Å². The molecule has 0 atom stereocenters. The summed E-state index contributed by atoms with van der Waals surface area (Å²) in [5, 5.41) is 3.37. The summed E-state index contributed by atoms with van der Waals surface area (Å²) in [6.45, 7) is 8.55. The van der Waals surface area contributed by atoms with E-state index >= 15 is 0 Å². The lowest BCUT2D eigenvalue weighted by molar-refractivity contribution is -0.130. The molecule has 1 fully saturated rings. The highest BCUT2D eigenvalue weighted by Gasteiger charge is 2.20. The number of ether oxygens (including phenoxy) is 1. The van der Waals surface area contributed by atoms with Gasteiger partial charge in [0.2, 0.25) is 5.91 Å². The Bertz CT molecular complexity index is 581. The number of amides is 1. The predicted octanol–water partition coefficient (Wildman–Crippen LogP) is 1.76. The van der Waals surface area contributed by atoms with Crippen molar-refractivity contribution >= 4 is 11.9 Å². The Kier molecular flexibility index (Phi) is 7.57. The number of hydrogen-bond acceptors (Lipinski definition) is 3. The molecule has 0 aliphatic carbocycles. The number of rotatable bonds is 6. The number of nitrogens with one attached hydrogen (secondary N) is 1. The fraction of sp³-hybridized carbons (Fsp3) is 0.579. The van der Waals surface area contributed by atoms with Crippen LogP contribution in [0.1, 0.15) is 25.8 Å². The number of benzene rings is 1. The van der Waals surface area contributed by atoms with Gasteiger partial charge in [-0.25, -0.2) is 0 Å². The summed E-state index contributed by atoms with van der Waals surface area (Å²) in [5.41, 5.74) is 1.27. The molecule has 0 spiro atoms. The monoisotopic (exact) mass is 346 g/mol. The van der Waals surface area contributed by atoms with Gasteiger partial charge in [-0.05, 0) is 37.5 Å². The second-order valence-electron chi connectivity index (χ2n) is 6.18. The number of methoxy groups -OCH3 is 1. The van der Waals surface area contributed by atoms with Crippen molar-refractivity contribution in [3.8, 4) is 5.75 Å². The third-order valence-electron chi connectivity index (χ3n) is 4.38. The molecule has 6 nitrogen and oxygen atoms in total. The number of aliphatic imine (C=N–C) groups is 1. The highest BCUT2D eigenvalue weighted by Crippen LogP contribution is 2.14. The molecule has 0 aromatic heterocycles. The van der Waals surface area contributed by atoms with E-state index in [4.69, 9.17) is 9.73 Å². The zero-order chi connectivity index (χ0) is 18.1. The molecular formula is C19H30N4O2. The first-order valence-electron chi connectivity index (χ1n) is 9.05. The molecule has 1 aliphatic heterocycles. The van der Waals surface area contributed by atoms with Gasteiger partial charge in [0.15, 0.2) is 5.96 Å². The van der Waals surface area contributed by atoms with E-state index in [1.807, 2.05) is 17.0 Å². The first-order valence-corrected chi connectivity index (χ1v) is 9.05. The van der Waals surface area contributed by atoms with Gasteiger partial charge in [0.05, 0.1) is 7.11 Å². The molecule has 1 aliphatic rings. The molecule has 1 heterocycles. The van der Waals surface area contributed by atoms with Gasteiger partial charge in [-0.1, -0.05) is 12.1 Å². The van der Waals surface area contributed by atoms with Crippen molar-refractivity contribution in [2.24, 2.45) is 4.99 Å². The fourth-order valence-corrected chi connectivity index (χ4v) is 2.96. The van der Waals surface area contributed by atoms with E-state index in [-0.39, 0.29) is 5.91 Å². The van der Waals surface area contributed by atoms with Crippen molar-refractivity contribution in [3.05, 3.63) is 29.8 Å². The molecule has 0 saturated carbocycles. The molecule has 0 bridgehead atoms. The van der Waals surface area contributed by atoms with Gasteiger partial charge in [-0.3, -0.25) is 9.79 Å². The third-order valence-corrected chi connectivity index (χ3v) is 4.38. The first-order chi connectivity index (χ1) is 12.1. The molecule has 138 valence electrons. The average Bonchev–Trinajstić information content (AvgIpc) is 2.64. The van der Waals surface area contributed by atoms with E-state index in [0.29, 0.717) is 0 Å². The van der Waals surface area contributed by atoms with Crippen molar-refractivity contribution in [3.63, 3.8) is 0 Å². The summed E-state index contributed by atoms with van der Waals surface area (Å²) in [7, 11) is 1.69. The van der Waals surface area contributed by atoms with Gasteiger partial charge in [0, 0.05) is 46.2 Å². The minimum absolute atomic E-state index is 0.153. The molecule has 1 N–H and O–H groups in total. The quantitative estimate of drug-likeness (QED) is 0.484. The molecule has 1 aromatic carbocycles. The van der Waals surface area contributed by atoms with E-state index in [2.05, 4.69) is 29.3 Å². The lowest BCUT2D eigenvalue weighted by atomic mass is 10.1. The van der Waals surface area contributed by atoms with Crippen molar-refractivity contribution in [2.45, 2.75) is 26.7 Å². The summed E-state index contributed by atoms with van der Waals surface area (Å²) in [5.74, 6) is 2.01. The van der Waals surface area contributed by atoms with Crippen LogP contribution in [0.5, 0.6) is 5.75 Å². The minimum Gasteiger partial charge on any atom is -0.497 e. The largest absolute Gasteiger partial charge is 0.497 e. The summed E-state index contributed by atoms with van der Waals surface area (Å²) in [6, 6.07) is 8.19. The molecule has 1 aromatic rings. The molecule has 0 radical (unpaired) electrons. The molecule has 2 rings (SSSR count). The maximum atomic E-state index is 11.4. The summed E-state index contributed by atoms with van der Waals surface area (Å²) < 4.78 is 5.26. The van der Waals surface area contributed by atoms with Gasteiger partial charge < -0.3 is 19.9 Å². The van der Waals surface area contributed by atoms with Crippen LogP contribution < -0.4 is 10.1 Å². The van der Waals surface area contributed by atoms with Gasteiger partial charge in [0.25, 0.3) is 0 Å². The van der Waals surface area contributed by atoms with Crippen LogP contribution in [0.25, 0.3) is 0 Å². The topological polar surface area (TPSA) is 57.2 Å². The Hall–Kier alpha value is -2.24. The second kappa shape index (κ2) is 9.91. The van der Waals surface area contributed by atoms with E-state index in [1.165, 1.54) is 5.56 Å². The predicted molar refractivity (Wildman–Crippen MR) is 101 cm³/mol. The molecule has 1 amide bonds. The fourth-order valence-electron chi connectivity index (χ4n) is 2.96. The Morgan fingerprint density at radius 3 is 2.60 bits per heavy atom. The van der Waals surface area contributed by atoms with Crippen molar-refractivity contribution in [1.29, 1.82) is 0 Å². The van der Waals surface area contributed by atoms with Crippen LogP contribution in [-0.2, 0) is 11.2 Å². The molecule has 0 unspecified atom stereocenters.